The van der Waals surface area contributed by atoms with Crippen molar-refractivity contribution < 1.29 is 17.2 Å². The first-order valence-corrected chi connectivity index (χ1v) is 7.33. The van der Waals surface area contributed by atoms with Crippen molar-refractivity contribution in [2.75, 3.05) is 0 Å². The summed E-state index contributed by atoms with van der Waals surface area (Å²) in [7, 11) is -3.77. The van der Waals surface area contributed by atoms with Crippen molar-refractivity contribution in [3.63, 3.8) is 0 Å². The summed E-state index contributed by atoms with van der Waals surface area (Å²) < 4.78 is 53.1. The Hall–Kier alpha value is -1.80. The summed E-state index contributed by atoms with van der Waals surface area (Å²) in [6.07, 6.45) is 1.21. The van der Waals surface area contributed by atoms with E-state index < -0.39 is 27.7 Å². The number of sulfonamides is 1. The number of hydrogen-bond acceptors (Lipinski definition) is 3. The molecule has 8 heteroatoms. The number of hydrogen-bond donors (Lipinski definition) is 2. The highest BCUT2D eigenvalue weighted by Crippen LogP contribution is 2.15. The lowest BCUT2D eigenvalue weighted by Crippen LogP contribution is -2.34. The van der Waals surface area contributed by atoms with Gasteiger partial charge in [-0.1, -0.05) is 6.07 Å². The van der Waals surface area contributed by atoms with Crippen LogP contribution >= 0.6 is 0 Å². The minimum absolute atomic E-state index is 0.0914. The molecule has 0 aliphatic carbocycles. The predicted octanol–water partition coefficient (Wildman–Crippen LogP) is 1.60. The number of halogens is 2. The Morgan fingerprint density at radius 3 is 2.50 bits per heavy atom. The molecule has 1 atom stereocenters. The maximum absolute atomic E-state index is 13.5. The maximum Gasteiger partial charge on any atom is 0.257 e. The van der Waals surface area contributed by atoms with Gasteiger partial charge < -0.3 is 0 Å². The van der Waals surface area contributed by atoms with Crippen LogP contribution in [0.25, 0.3) is 0 Å². The van der Waals surface area contributed by atoms with E-state index in [0.29, 0.717) is 0 Å². The zero-order chi connectivity index (χ0) is 14.8. The second kappa shape index (κ2) is 5.68. The van der Waals surface area contributed by atoms with Crippen molar-refractivity contribution >= 4 is 10.0 Å². The molecule has 0 bridgehead atoms. The van der Waals surface area contributed by atoms with E-state index in [-0.39, 0.29) is 17.0 Å². The molecule has 0 saturated heterocycles. The normalized spacial score (nSPS) is 13.3. The molecule has 0 aliphatic heterocycles. The van der Waals surface area contributed by atoms with Crippen molar-refractivity contribution in [2.45, 2.75) is 24.4 Å². The van der Waals surface area contributed by atoms with Gasteiger partial charge in [-0.3, -0.25) is 5.10 Å². The van der Waals surface area contributed by atoms with Crippen molar-refractivity contribution in [3.8, 4) is 0 Å². The highest BCUT2D eigenvalue weighted by molar-refractivity contribution is 7.89. The fraction of sp³-hybridized carbons (Fsp3) is 0.250. The van der Waals surface area contributed by atoms with Crippen LogP contribution in [0.3, 0.4) is 0 Å². The number of rotatable bonds is 5. The summed E-state index contributed by atoms with van der Waals surface area (Å²) in [5, 5.41) is 5.77. The molecular formula is C12H13F2N3O2S. The van der Waals surface area contributed by atoms with Gasteiger partial charge in [-0.15, -0.1) is 0 Å². The molecule has 0 saturated carbocycles. The van der Waals surface area contributed by atoms with Gasteiger partial charge in [0.1, 0.15) is 11.6 Å². The summed E-state index contributed by atoms with van der Waals surface area (Å²) in [5.41, 5.74) is -0.146. The molecule has 2 aromatic rings. The first-order valence-electron chi connectivity index (χ1n) is 5.85. The van der Waals surface area contributed by atoms with Gasteiger partial charge in [-0.05, 0) is 31.5 Å². The minimum atomic E-state index is -3.77. The third-order valence-corrected chi connectivity index (χ3v) is 4.21. The van der Waals surface area contributed by atoms with Crippen LogP contribution in [0, 0.1) is 11.6 Å². The topological polar surface area (TPSA) is 74.8 Å². The molecular weight excluding hydrogens is 288 g/mol. The lowest BCUT2D eigenvalue weighted by molar-refractivity contribution is 0.521. The molecule has 1 aromatic heterocycles. The van der Waals surface area contributed by atoms with Crippen LogP contribution in [0.1, 0.15) is 12.5 Å². The molecule has 0 spiro atoms. The predicted molar refractivity (Wildman–Crippen MR) is 68.4 cm³/mol. The van der Waals surface area contributed by atoms with Crippen molar-refractivity contribution in [1.29, 1.82) is 0 Å². The zero-order valence-corrected chi connectivity index (χ0v) is 11.4. The Morgan fingerprint density at radius 1 is 1.30 bits per heavy atom. The lowest BCUT2D eigenvalue weighted by Gasteiger charge is -2.14. The number of benzene rings is 1. The van der Waals surface area contributed by atoms with E-state index in [4.69, 9.17) is 0 Å². The second-order valence-corrected chi connectivity index (χ2v) is 6.03. The number of nitrogens with zero attached hydrogens (tertiary/aromatic N) is 1. The summed E-state index contributed by atoms with van der Waals surface area (Å²) in [5.74, 6) is -1.39. The molecule has 0 radical (unpaired) electrons. The van der Waals surface area contributed by atoms with E-state index in [1.165, 1.54) is 25.3 Å². The quantitative estimate of drug-likeness (QED) is 0.881. The van der Waals surface area contributed by atoms with Crippen LogP contribution in [0.15, 0.2) is 35.5 Å². The largest absolute Gasteiger partial charge is 0.266 e. The van der Waals surface area contributed by atoms with E-state index >= 15 is 0 Å². The first-order chi connectivity index (χ1) is 9.40. The molecule has 0 aliphatic rings. The zero-order valence-electron chi connectivity index (χ0n) is 10.6. The number of H-pyrrole nitrogens is 1. The lowest BCUT2D eigenvalue weighted by atomic mass is 10.1. The molecule has 2 N–H and O–H groups in total. The van der Waals surface area contributed by atoms with E-state index in [9.17, 15) is 17.2 Å². The average Bonchev–Trinajstić information content (AvgIpc) is 2.88. The molecule has 5 nitrogen and oxygen atoms in total. The van der Waals surface area contributed by atoms with Gasteiger partial charge in [0.05, 0.1) is 6.20 Å². The Kier molecular flexibility index (Phi) is 4.15. The number of aromatic amines is 1. The van der Waals surface area contributed by atoms with Crippen LogP contribution in [-0.2, 0) is 16.4 Å². The monoisotopic (exact) mass is 301 g/mol. The van der Waals surface area contributed by atoms with Crippen molar-refractivity contribution in [3.05, 3.63) is 47.7 Å². The average molecular weight is 301 g/mol. The Balaban J connectivity index is 2.12. The van der Waals surface area contributed by atoms with Crippen LogP contribution in [-0.4, -0.2) is 24.7 Å². The van der Waals surface area contributed by atoms with E-state index in [1.807, 2.05) is 0 Å². The molecule has 1 aromatic carbocycles. The van der Waals surface area contributed by atoms with Gasteiger partial charge in [0.15, 0.2) is 5.03 Å². The number of aromatic nitrogens is 2. The van der Waals surface area contributed by atoms with Crippen LogP contribution in [0.4, 0.5) is 8.78 Å². The Labute approximate surface area is 115 Å². The fourth-order valence-electron chi connectivity index (χ4n) is 1.80. The molecule has 20 heavy (non-hydrogen) atoms. The van der Waals surface area contributed by atoms with Crippen molar-refractivity contribution in [2.24, 2.45) is 0 Å². The van der Waals surface area contributed by atoms with Crippen molar-refractivity contribution in [1.82, 2.24) is 14.9 Å². The van der Waals surface area contributed by atoms with Crippen LogP contribution in [0.5, 0.6) is 0 Å². The standard InChI is InChI=1S/C12H13F2N3O2S/c1-8(7-9-10(13)3-2-4-11(9)14)17-20(18,19)12-5-6-15-16-12/h2-6,8,17H,7H2,1H3,(H,15,16). The van der Waals surface area contributed by atoms with Gasteiger partial charge >= 0.3 is 0 Å². The summed E-state index contributed by atoms with van der Waals surface area (Å²) in [6, 6.07) is 4.14. The van der Waals surface area contributed by atoms with Crippen LogP contribution in [0.2, 0.25) is 0 Å². The van der Waals surface area contributed by atoms with E-state index in [0.717, 1.165) is 12.1 Å². The van der Waals surface area contributed by atoms with Gasteiger partial charge in [0.25, 0.3) is 10.0 Å². The molecule has 2 rings (SSSR count). The SMILES string of the molecule is CC(Cc1c(F)cccc1F)NS(=O)(=O)c1ccn[nH]1. The molecule has 1 heterocycles. The highest BCUT2D eigenvalue weighted by atomic mass is 32.2. The maximum atomic E-state index is 13.5. The highest BCUT2D eigenvalue weighted by Gasteiger charge is 2.20. The smallest absolute Gasteiger partial charge is 0.257 e. The summed E-state index contributed by atoms with van der Waals surface area (Å²) >= 11 is 0. The molecule has 108 valence electrons. The van der Waals surface area contributed by atoms with Crippen LogP contribution < -0.4 is 4.72 Å². The first kappa shape index (κ1) is 14.6. The number of nitrogens with one attached hydrogen (secondary N) is 2. The minimum Gasteiger partial charge on any atom is -0.266 e. The van der Waals surface area contributed by atoms with Gasteiger partial charge in [-0.25, -0.2) is 21.9 Å². The molecule has 0 amide bonds. The third kappa shape index (κ3) is 3.20. The third-order valence-electron chi connectivity index (χ3n) is 2.69. The van der Waals surface area contributed by atoms with Gasteiger partial charge in [0, 0.05) is 11.6 Å². The Bertz CT molecular complexity index is 666. The summed E-state index contributed by atoms with van der Waals surface area (Å²) in [4.78, 5) is 0. The summed E-state index contributed by atoms with van der Waals surface area (Å²) in [6.45, 7) is 1.53. The van der Waals surface area contributed by atoms with Gasteiger partial charge in [0.2, 0.25) is 0 Å². The molecule has 1 unspecified atom stereocenters. The van der Waals surface area contributed by atoms with E-state index in [2.05, 4.69) is 14.9 Å². The Morgan fingerprint density at radius 2 is 1.95 bits per heavy atom. The second-order valence-electron chi connectivity index (χ2n) is 4.35. The van der Waals surface area contributed by atoms with Gasteiger partial charge in [-0.2, -0.15) is 5.10 Å². The fourth-order valence-corrected chi connectivity index (χ4v) is 2.95. The molecule has 0 fully saturated rings. The van der Waals surface area contributed by atoms with E-state index in [1.54, 1.807) is 0 Å².